The normalized spacial score (nSPS) is 14.3. The molecule has 0 bridgehead atoms. The van der Waals surface area contributed by atoms with Crippen molar-refractivity contribution in [3.8, 4) is 0 Å². The predicted octanol–water partition coefficient (Wildman–Crippen LogP) is 0.949. The molecule has 0 aromatic heterocycles. The molecule has 0 heterocycles. The molecule has 0 saturated carbocycles. The minimum Gasteiger partial charge on any atom is -1.00 e. The Hall–Kier alpha value is -0.960. The van der Waals surface area contributed by atoms with Crippen LogP contribution in [0.1, 0.15) is 43.0 Å². The van der Waals surface area contributed by atoms with Crippen LogP contribution in [-0.2, 0) is 26.2 Å². The van der Waals surface area contributed by atoms with Crippen LogP contribution in [0.25, 0.3) is 11.6 Å². The SMILES string of the molecule is CC(C)(C)N[Si](C)(C)C1C(c2ccccc2)=Cc2ccccc21.[Cl-].[Cl-].[Zr+3].[c-]1ccccc1. The molecule has 4 rings (SSSR count). The minimum atomic E-state index is -1.72. The van der Waals surface area contributed by atoms with E-state index in [1.54, 1.807) is 0 Å². The fourth-order valence-corrected chi connectivity index (χ4v) is 8.51. The van der Waals surface area contributed by atoms with Crippen LogP contribution in [0.5, 0.6) is 0 Å². The molecule has 1 aliphatic carbocycles. The molecule has 3 aromatic rings. The first-order valence-electron chi connectivity index (χ1n) is 10.3. The Bertz CT molecular complexity index is 927. The van der Waals surface area contributed by atoms with E-state index in [0.29, 0.717) is 5.54 Å². The Morgan fingerprint density at radius 3 is 1.81 bits per heavy atom. The summed E-state index contributed by atoms with van der Waals surface area (Å²) in [7, 11) is -1.72. The van der Waals surface area contributed by atoms with Crippen molar-refractivity contribution in [1.82, 2.24) is 4.98 Å². The zero-order chi connectivity index (χ0) is 20.9. The summed E-state index contributed by atoms with van der Waals surface area (Å²) in [5.74, 6) is 0. The number of hydrogen-bond acceptors (Lipinski definition) is 1. The summed E-state index contributed by atoms with van der Waals surface area (Å²) < 4.78 is 0. The van der Waals surface area contributed by atoms with Gasteiger partial charge < -0.3 is 29.8 Å². The van der Waals surface area contributed by atoms with Gasteiger partial charge >= 0.3 is 26.2 Å². The van der Waals surface area contributed by atoms with Crippen molar-refractivity contribution in [2.75, 3.05) is 0 Å². The van der Waals surface area contributed by atoms with Crippen molar-refractivity contribution >= 4 is 19.9 Å². The monoisotopic (exact) mass is 558 g/mol. The molecule has 32 heavy (non-hydrogen) atoms. The molecule has 5 heteroatoms. The van der Waals surface area contributed by atoms with Crippen LogP contribution < -0.4 is 29.8 Å². The van der Waals surface area contributed by atoms with Gasteiger partial charge in [0.15, 0.2) is 0 Å². The van der Waals surface area contributed by atoms with E-state index in [4.69, 9.17) is 0 Å². The molecule has 0 amide bonds. The van der Waals surface area contributed by atoms with Crippen molar-refractivity contribution in [1.29, 1.82) is 0 Å². The van der Waals surface area contributed by atoms with Crippen LogP contribution >= 0.6 is 0 Å². The summed E-state index contributed by atoms with van der Waals surface area (Å²) in [6.07, 6.45) is 2.40. The topological polar surface area (TPSA) is 12.0 Å². The van der Waals surface area contributed by atoms with Gasteiger partial charge in [0, 0.05) is 11.1 Å². The summed E-state index contributed by atoms with van der Waals surface area (Å²) in [6, 6.07) is 32.2. The Balaban J connectivity index is 0.000000933. The third kappa shape index (κ3) is 8.43. The van der Waals surface area contributed by atoms with Gasteiger partial charge in [0.2, 0.25) is 0 Å². The zero-order valence-corrected chi connectivity index (χ0v) is 24.5. The van der Waals surface area contributed by atoms with E-state index in [2.05, 4.69) is 106 Å². The van der Waals surface area contributed by atoms with Crippen LogP contribution in [0.4, 0.5) is 0 Å². The van der Waals surface area contributed by atoms with E-state index in [1.165, 1.54) is 22.3 Å². The largest absolute Gasteiger partial charge is 3.00 e. The molecule has 1 radical (unpaired) electrons. The molecule has 0 fully saturated rings. The molecular formula is C27H32Cl2NSiZr. The summed E-state index contributed by atoms with van der Waals surface area (Å²) in [5.41, 5.74) is 6.31. The first-order valence-corrected chi connectivity index (χ1v) is 13.4. The zero-order valence-electron chi connectivity index (χ0n) is 19.5. The van der Waals surface area contributed by atoms with Gasteiger partial charge in [0.05, 0.1) is 0 Å². The first kappa shape index (κ1) is 31.0. The molecule has 3 aromatic carbocycles. The van der Waals surface area contributed by atoms with E-state index in [1.807, 2.05) is 30.3 Å². The smallest absolute Gasteiger partial charge is 1.00 e. The maximum absolute atomic E-state index is 3.98. The number of rotatable bonds is 3. The third-order valence-electron chi connectivity index (χ3n) is 5.06. The van der Waals surface area contributed by atoms with Gasteiger partial charge in [-0.25, -0.2) is 0 Å². The van der Waals surface area contributed by atoms with Crippen molar-refractivity contribution in [2.45, 2.75) is 44.9 Å². The average molecular weight is 561 g/mol. The van der Waals surface area contributed by atoms with E-state index in [9.17, 15) is 0 Å². The Morgan fingerprint density at radius 1 is 0.781 bits per heavy atom. The van der Waals surface area contributed by atoms with Crippen LogP contribution in [0.3, 0.4) is 0 Å². The quantitative estimate of drug-likeness (QED) is 0.372. The van der Waals surface area contributed by atoms with Crippen LogP contribution in [-0.4, -0.2) is 13.8 Å². The fraction of sp³-hybridized carbons (Fsp3) is 0.259. The number of fused-ring (bicyclic) bond motifs is 1. The molecule has 1 nitrogen and oxygen atoms in total. The third-order valence-corrected chi connectivity index (χ3v) is 8.52. The average Bonchev–Trinajstić information content (AvgIpc) is 3.09. The summed E-state index contributed by atoms with van der Waals surface area (Å²) in [4.78, 5) is 3.98. The fourth-order valence-electron chi connectivity index (χ4n) is 4.36. The van der Waals surface area contributed by atoms with Crippen LogP contribution in [0, 0.1) is 6.07 Å². The molecule has 0 aliphatic heterocycles. The van der Waals surface area contributed by atoms with Crippen molar-refractivity contribution in [3.05, 3.63) is 108 Å². The van der Waals surface area contributed by atoms with Gasteiger partial charge in [0.25, 0.3) is 0 Å². The predicted molar refractivity (Wildman–Crippen MR) is 129 cm³/mol. The van der Waals surface area contributed by atoms with Crippen molar-refractivity contribution in [2.24, 2.45) is 0 Å². The first-order chi connectivity index (χ1) is 13.8. The minimum absolute atomic E-state index is 0. The maximum Gasteiger partial charge on any atom is 3.00 e. The van der Waals surface area contributed by atoms with Gasteiger partial charge in [-0.1, -0.05) is 73.8 Å². The van der Waals surface area contributed by atoms with Crippen molar-refractivity contribution < 1.29 is 51.0 Å². The number of hydrogen-bond donors (Lipinski definition) is 1. The van der Waals surface area contributed by atoms with Gasteiger partial charge in [-0.05, 0) is 43.0 Å². The number of allylic oxidation sites excluding steroid dienone is 1. The van der Waals surface area contributed by atoms with Gasteiger partial charge in [-0.2, -0.15) is 36.4 Å². The number of nitrogens with one attached hydrogen (secondary N) is 1. The number of benzene rings is 3. The Morgan fingerprint density at radius 2 is 1.31 bits per heavy atom. The second kappa shape index (κ2) is 13.7. The Labute approximate surface area is 227 Å². The van der Waals surface area contributed by atoms with E-state index in [-0.39, 0.29) is 56.6 Å². The molecule has 1 aliphatic rings. The molecular weight excluding hydrogens is 529 g/mol. The summed E-state index contributed by atoms with van der Waals surface area (Å²) in [5, 5.41) is 0. The molecule has 0 saturated heterocycles. The second-order valence-electron chi connectivity index (χ2n) is 9.20. The van der Waals surface area contributed by atoms with Crippen molar-refractivity contribution in [3.63, 3.8) is 0 Å². The molecule has 1 atom stereocenters. The standard InChI is InChI=1S/C21H27NSi.C6H5.2ClH.Zr/c1-21(2,3)22-23(4,5)20-18-14-10-9-13-17(18)15-19(20)16-11-7-6-8-12-16;1-2-4-6-5-3-1;;;/h6-15,20,22H,1-5H3;1-5H;2*1H;/q;-1;;;+3/p-2. The summed E-state index contributed by atoms with van der Waals surface area (Å²) in [6.45, 7) is 11.7. The Kier molecular flexibility index (Phi) is 13.3. The second-order valence-corrected chi connectivity index (χ2v) is 13.5. The van der Waals surface area contributed by atoms with Crippen LogP contribution in [0.2, 0.25) is 13.1 Å². The number of halogens is 2. The molecule has 1 unspecified atom stereocenters. The molecule has 1 N–H and O–H groups in total. The summed E-state index contributed by atoms with van der Waals surface area (Å²) >= 11 is 0. The van der Waals surface area contributed by atoms with E-state index >= 15 is 0 Å². The maximum atomic E-state index is 3.98. The molecule has 167 valence electrons. The molecule has 0 spiro atoms. The van der Waals surface area contributed by atoms with Gasteiger partial charge in [-0.3, -0.25) is 0 Å². The van der Waals surface area contributed by atoms with Gasteiger partial charge in [-0.15, -0.1) is 0 Å². The van der Waals surface area contributed by atoms with Gasteiger partial charge in [0.1, 0.15) is 8.24 Å². The van der Waals surface area contributed by atoms with Crippen LogP contribution in [0.15, 0.2) is 84.9 Å². The van der Waals surface area contributed by atoms with E-state index in [0.717, 1.165) is 0 Å². The van der Waals surface area contributed by atoms with E-state index < -0.39 is 8.24 Å².